The lowest BCUT2D eigenvalue weighted by atomic mass is 9.75. The molecule has 0 fully saturated rings. The van der Waals surface area contributed by atoms with Crippen LogP contribution in [0.4, 0.5) is 0 Å². The molecule has 0 rings (SSSR count). The van der Waals surface area contributed by atoms with Gasteiger partial charge in [0.25, 0.3) is 0 Å². The van der Waals surface area contributed by atoms with Crippen molar-refractivity contribution < 1.29 is 5.11 Å². The molecule has 1 nitrogen and oxygen atoms in total. The Morgan fingerprint density at radius 1 is 1.45 bits per heavy atom. The first-order chi connectivity index (χ1) is 4.92. The van der Waals surface area contributed by atoms with Gasteiger partial charge in [-0.2, -0.15) is 0 Å². The van der Waals surface area contributed by atoms with Gasteiger partial charge in [0.1, 0.15) is 0 Å². The van der Waals surface area contributed by atoms with Crippen molar-refractivity contribution in [1.82, 2.24) is 0 Å². The van der Waals surface area contributed by atoms with Crippen LogP contribution >= 0.6 is 0 Å². The highest BCUT2D eigenvalue weighted by Gasteiger charge is 2.29. The summed E-state index contributed by atoms with van der Waals surface area (Å²) in [5.74, 6) is 0.498. The predicted octanol–water partition coefficient (Wildman–Crippen LogP) is 2.61. The van der Waals surface area contributed by atoms with Crippen LogP contribution in [0.25, 0.3) is 0 Å². The molecule has 0 heterocycles. The Kier molecular flexibility index (Phi) is 3.81. The van der Waals surface area contributed by atoms with E-state index in [0.717, 1.165) is 0 Å². The molecule has 0 aromatic heterocycles. The highest BCUT2D eigenvalue weighted by molar-refractivity contribution is 4.85. The Morgan fingerprint density at radius 2 is 1.91 bits per heavy atom. The normalized spacial score (nSPS) is 15.1. The maximum Gasteiger partial charge on any atom is 0.0627 e. The largest absolute Gasteiger partial charge is 0.392 e. The molecule has 0 spiro atoms. The van der Waals surface area contributed by atoms with Crippen LogP contribution < -0.4 is 0 Å². The first-order valence-corrected chi connectivity index (χ1v) is 4.21. The lowest BCUT2D eigenvalue weighted by Crippen LogP contribution is -2.33. The van der Waals surface area contributed by atoms with E-state index in [4.69, 9.17) is 0 Å². The minimum atomic E-state index is -0.264. The average molecular weight is 156 g/mol. The SMILES string of the molecule is C=CC[C@H](O)C(C)(C)C(C)C. The molecule has 1 N–H and O–H groups in total. The Labute approximate surface area is 70.1 Å². The topological polar surface area (TPSA) is 20.2 Å². The molecule has 0 saturated carbocycles. The van der Waals surface area contributed by atoms with Gasteiger partial charge in [-0.25, -0.2) is 0 Å². The van der Waals surface area contributed by atoms with E-state index in [-0.39, 0.29) is 11.5 Å². The van der Waals surface area contributed by atoms with E-state index in [2.05, 4.69) is 34.3 Å². The second-order valence-corrected chi connectivity index (χ2v) is 4.02. The molecule has 1 atom stereocenters. The van der Waals surface area contributed by atoms with Crippen molar-refractivity contribution in [3.63, 3.8) is 0 Å². The molecule has 0 bridgehead atoms. The lowest BCUT2D eigenvalue weighted by Gasteiger charge is -2.34. The summed E-state index contributed by atoms with van der Waals surface area (Å²) in [5.41, 5.74) is -0.00576. The van der Waals surface area contributed by atoms with Gasteiger partial charge >= 0.3 is 0 Å². The number of hydrogen-bond acceptors (Lipinski definition) is 1. The summed E-state index contributed by atoms with van der Waals surface area (Å²) >= 11 is 0. The van der Waals surface area contributed by atoms with Gasteiger partial charge < -0.3 is 5.11 Å². The van der Waals surface area contributed by atoms with Crippen molar-refractivity contribution >= 4 is 0 Å². The van der Waals surface area contributed by atoms with Crippen LogP contribution in [-0.4, -0.2) is 11.2 Å². The molecular formula is C10H20O. The van der Waals surface area contributed by atoms with E-state index in [1.54, 1.807) is 6.08 Å². The monoisotopic (exact) mass is 156 g/mol. The van der Waals surface area contributed by atoms with Crippen molar-refractivity contribution in [1.29, 1.82) is 0 Å². The average Bonchev–Trinajstić information content (AvgIpc) is 1.88. The Bertz CT molecular complexity index is 125. The van der Waals surface area contributed by atoms with Crippen molar-refractivity contribution in [3.05, 3.63) is 12.7 Å². The van der Waals surface area contributed by atoms with Crippen LogP contribution in [-0.2, 0) is 0 Å². The minimum Gasteiger partial charge on any atom is -0.392 e. The first kappa shape index (κ1) is 10.7. The first-order valence-electron chi connectivity index (χ1n) is 4.21. The van der Waals surface area contributed by atoms with Gasteiger partial charge in [-0.05, 0) is 17.8 Å². The lowest BCUT2D eigenvalue weighted by molar-refractivity contribution is 0.0198. The molecule has 66 valence electrons. The smallest absolute Gasteiger partial charge is 0.0627 e. The van der Waals surface area contributed by atoms with E-state index in [9.17, 15) is 5.11 Å². The highest BCUT2D eigenvalue weighted by atomic mass is 16.3. The van der Waals surface area contributed by atoms with Gasteiger partial charge in [0.05, 0.1) is 6.10 Å². The van der Waals surface area contributed by atoms with E-state index in [1.165, 1.54) is 0 Å². The number of aliphatic hydroxyl groups is 1. The van der Waals surface area contributed by atoms with Gasteiger partial charge in [0.15, 0.2) is 0 Å². The summed E-state index contributed by atoms with van der Waals surface area (Å²) < 4.78 is 0. The Morgan fingerprint density at radius 3 is 2.18 bits per heavy atom. The number of hydrogen-bond donors (Lipinski definition) is 1. The molecule has 0 unspecified atom stereocenters. The van der Waals surface area contributed by atoms with Crippen LogP contribution in [0.15, 0.2) is 12.7 Å². The van der Waals surface area contributed by atoms with Crippen LogP contribution in [0.3, 0.4) is 0 Å². The van der Waals surface area contributed by atoms with Gasteiger partial charge in [0, 0.05) is 0 Å². The van der Waals surface area contributed by atoms with Crippen molar-refractivity contribution in [2.75, 3.05) is 0 Å². The minimum absolute atomic E-state index is 0.00576. The second-order valence-electron chi connectivity index (χ2n) is 4.02. The zero-order valence-electron chi connectivity index (χ0n) is 8.09. The fourth-order valence-electron chi connectivity index (χ4n) is 0.846. The van der Waals surface area contributed by atoms with E-state index < -0.39 is 0 Å². The molecule has 0 aliphatic heterocycles. The van der Waals surface area contributed by atoms with Crippen LogP contribution in [0.2, 0.25) is 0 Å². The quantitative estimate of drug-likeness (QED) is 0.620. The molecule has 0 aromatic carbocycles. The van der Waals surface area contributed by atoms with E-state index >= 15 is 0 Å². The third-order valence-corrected chi connectivity index (χ3v) is 2.74. The summed E-state index contributed by atoms with van der Waals surface area (Å²) in [5, 5.41) is 9.68. The standard InChI is InChI=1S/C10H20O/c1-6-7-9(11)10(4,5)8(2)3/h6,8-9,11H,1,7H2,2-5H3/t9-/m0/s1. The Hall–Kier alpha value is -0.300. The number of aliphatic hydroxyl groups excluding tert-OH is 1. The fraction of sp³-hybridized carbons (Fsp3) is 0.800. The third-order valence-electron chi connectivity index (χ3n) is 2.74. The maximum atomic E-state index is 9.68. The van der Waals surface area contributed by atoms with Gasteiger partial charge in [-0.3, -0.25) is 0 Å². The predicted molar refractivity (Wildman–Crippen MR) is 49.4 cm³/mol. The number of rotatable bonds is 4. The van der Waals surface area contributed by atoms with Crippen molar-refractivity contribution in [2.45, 2.75) is 40.2 Å². The molecular weight excluding hydrogens is 136 g/mol. The Balaban J connectivity index is 4.16. The summed E-state index contributed by atoms with van der Waals surface area (Å²) in [4.78, 5) is 0. The molecule has 0 radical (unpaired) electrons. The zero-order valence-corrected chi connectivity index (χ0v) is 8.09. The van der Waals surface area contributed by atoms with E-state index in [1.807, 2.05) is 0 Å². The summed E-state index contributed by atoms with van der Waals surface area (Å²) in [6, 6.07) is 0. The second kappa shape index (κ2) is 3.91. The van der Waals surface area contributed by atoms with Crippen LogP contribution in [0.5, 0.6) is 0 Å². The van der Waals surface area contributed by atoms with Gasteiger partial charge in [0.2, 0.25) is 0 Å². The van der Waals surface area contributed by atoms with Crippen LogP contribution in [0.1, 0.15) is 34.1 Å². The zero-order chi connectivity index (χ0) is 9.07. The van der Waals surface area contributed by atoms with Gasteiger partial charge in [-0.15, -0.1) is 6.58 Å². The summed E-state index contributed by atoms with van der Waals surface area (Å²) in [6.45, 7) is 12.1. The third kappa shape index (κ3) is 2.66. The highest BCUT2D eigenvalue weighted by Crippen LogP contribution is 2.31. The summed E-state index contributed by atoms with van der Waals surface area (Å²) in [7, 11) is 0. The maximum absolute atomic E-state index is 9.68. The molecule has 0 saturated heterocycles. The summed E-state index contributed by atoms with van der Waals surface area (Å²) in [6.07, 6.45) is 2.19. The molecule has 1 heteroatoms. The van der Waals surface area contributed by atoms with Gasteiger partial charge in [-0.1, -0.05) is 33.8 Å². The molecule has 0 aliphatic rings. The van der Waals surface area contributed by atoms with Crippen molar-refractivity contribution in [2.24, 2.45) is 11.3 Å². The molecule has 11 heavy (non-hydrogen) atoms. The van der Waals surface area contributed by atoms with Crippen LogP contribution in [0, 0.1) is 11.3 Å². The van der Waals surface area contributed by atoms with E-state index in [0.29, 0.717) is 12.3 Å². The fourth-order valence-corrected chi connectivity index (χ4v) is 0.846. The molecule has 0 amide bonds. The molecule has 0 aliphatic carbocycles. The molecule has 0 aromatic rings. The van der Waals surface area contributed by atoms with Crippen molar-refractivity contribution in [3.8, 4) is 0 Å².